The highest BCUT2D eigenvalue weighted by Gasteiger charge is 2.25. The highest BCUT2D eigenvalue weighted by molar-refractivity contribution is 5.71. The highest BCUT2D eigenvalue weighted by Crippen LogP contribution is 2.15. The van der Waals surface area contributed by atoms with Crippen LogP contribution in [0.4, 0.5) is 0 Å². The molecule has 388 valence electrons. The number of nitrogens with zero attached hydrogens (tertiary/aromatic N) is 1. The smallest absolute Gasteiger partial charge is 0.361 e. The predicted octanol–water partition coefficient (Wildman–Crippen LogP) is 15.7. The lowest BCUT2D eigenvalue weighted by molar-refractivity contribution is -0.870. The van der Waals surface area contributed by atoms with Crippen molar-refractivity contribution in [1.29, 1.82) is 0 Å². The van der Waals surface area contributed by atoms with Gasteiger partial charge < -0.3 is 28.5 Å². The Morgan fingerprint density at radius 3 is 1.28 bits per heavy atom. The Bertz CT molecular complexity index is 1280. The molecule has 0 saturated carbocycles. The van der Waals surface area contributed by atoms with Crippen LogP contribution in [0.15, 0.2) is 60.8 Å². The van der Waals surface area contributed by atoms with Crippen molar-refractivity contribution >= 4 is 17.9 Å². The number of carbonyl (C=O) groups excluding carboxylic acids is 2. The Labute approximate surface area is 412 Å². The van der Waals surface area contributed by atoms with E-state index in [2.05, 4.69) is 74.6 Å². The van der Waals surface area contributed by atoms with Gasteiger partial charge in [-0.15, -0.1) is 0 Å². The first-order valence-electron chi connectivity index (χ1n) is 27.5. The zero-order valence-corrected chi connectivity index (χ0v) is 44.1. The Balaban J connectivity index is 4.30. The predicted molar refractivity (Wildman–Crippen MR) is 281 cm³/mol. The second-order valence-corrected chi connectivity index (χ2v) is 19.5. The fourth-order valence-electron chi connectivity index (χ4n) is 7.53. The molecule has 0 saturated heterocycles. The van der Waals surface area contributed by atoms with E-state index in [9.17, 15) is 19.5 Å². The molecule has 67 heavy (non-hydrogen) atoms. The topological polar surface area (TPSA) is 108 Å². The zero-order valence-electron chi connectivity index (χ0n) is 44.1. The molecule has 0 aliphatic carbocycles. The molecule has 1 N–H and O–H groups in total. The summed E-state index contributed by atoms with van der Waals surface area (Å²) in [5.74, 6) is -2.02. The number of esters is 2. The maximum absolute atomic E-state index is 12.8. The van der Waals surface area contributed by atoms with Crippen LogP contribution in [0.2, 0.25) is 0 Å². The molecule has 0 fully saturated rings. The molecule has 0 aliphatic heterocycles. The number of quaternary nitrogens is 1. The normalized spacial score (nSPS) is 13.3. The van der Waals surface area contributed by atoms with Crippen molar-refractivity contribution in [3.05, 3.63) is 60.8 Å². The van der Waals surface area contributed by atoms with Crippen LogP contribution in [0, 0.1) is 0 Å². The summed E-state index contributed by atoms with van der Waals surface area (Å²) in [6.45, 7) is 4.76. The maximum Gasteiger partial charge on any atom is 0.361 e. The molecule has 2 unspecified atom stereocenters. The first-order chi connectivity index (χ1) is 32.6. The number of carboxylic acids is 1. The summed E-state index contributed by atoms with van der Waals surface area (Å²) < 4.78 is 22.8. The molecule has 0 aromatic carbocycles. The minimum atomic E-state index is -1.52. The number of rotatable bonds is 50. The minimum absolute atomic E-state index is 0.183. The van der Waals surface area contributed by atoms with E-state index in [4.69, 9.17) is 18.9 Å². The molecule has 0 rings (SSSR count). The van der Waals surface area contributed by atoms with Gasteiger partial charge in [0.1, 0.15) is 13.2 Å². The summed E-state index contributed by atoms with van der Waals surface area (Å²) in [7, 11) is 5.96. The molecule has 0 aromatic heterocycles. The van der Waals surface area contributed by atoms with Gasteiger partial charge in [-0.1, -0.05) is 203 Å². The SMILES string of the molecule is CC/C=C\C/C=C\C/C=C\C/C=C\CCCCCCCCC(=O)OC(COC(=O)CCCCCCCCCCCCC/C=C\CCCCCCCCCC)COC(OCC[N+](C)(C)C)C(=O)O. The van der Waals surface area contributed by atoms with Crippen LogP contribution in [-0.4, -0.2) is 87.4 Å². The molecule has 0 bridgehead atoms. The van der Waals surface area contributed by atoms with Crippen LogP contribution in [0.3, 0.4) is 0 Å². The van der Waals surface area contributed by atoms with Crippen LogP contribution >= 0.6 is 0 Å². The fraction of sp³-hybridized carbons (Fsp3) is 0.776. The van der Waals surface area contributed by atoms with Gasteiger partial charge in [0.15, 0.2) is 6.10 Å². The molecule has 0 heterocycles. The van der Waals surface area contributed by atoms with Gasteiger partial charge in [0.05, 0.1) is 34.4 Å². The van der Waals surface area contributed by atoms with Gasteiger partial charge in [-0.25, -0.2) is 4.79 Å². The number of carbonyl (C=O) groups is 3. The van der Waals surface area contributed by atoms with Crippen molar-refractivity contribution in [2.75, 3.05) is 47.5 Å². The average Bonchev–Trinajstić information content (AvgIpc) is 3.29. The third kappa shape index (κ3) is 50.7. The van der Waals surface area contributed by atoms with Gasteiger partial charge in [0, 0.05) is 12.8 Å². The van der Waals surface area contributed by atoms with Crippen molar-refractivity contribution in [3.8, 4) is 0 Å². The van der Waals surface area contributed by atoms with E-state index in [1.54, 1.807) is 0 Å². The largest absolute Gasteiger partial charge is 0.477 e. The van der Waals surface area contributed by atoms with E-state index in [0.717, 1.165) is 83.5 Å². The van der Waals surface area contributed by atoms with Gasteiger partial charge in [0.2, 0.25) is 0 Å². The summed E-state index contributed by atoms with van der Waals surface area (Å²) >= 11 is 0. The van der Waals surface area contributed by atoms with E-state index in [0.29, 0.717) is 23.9 Å². The Hall–Kier alpha value is -3.01. The van der Waals surface area contributed by atoms with E-state index in [1.807, 2.05) is 21.1 Å². The lowest BCUT2D eigenvalue weighted by Gasteiger charge is -2.25. The Morgan fingerprint density at radius 2 is 0.851 bits per heavy atom. The maximum atomic E-state index is 12.8. The number of likely N-dealkylation sites (N-methyl/N-ethyl adjacent to an activating group) is 1. The molecule has 0 aromatic rings. The summed E-state index contributed by atoms with van der Waals surface area (Å²) in [5, 5.41) is 9.69. The van der Waals surface area contributed by atoms with E-state index >= 15 is 0 Å². The third-order valence-corrected chi connectivity index (χ3v) is 11.8. The summed E-state index contributed by atoms with van der Waals surface area (Å²) in [6, 6.07) is 0. The number of aliphatic carboxylic acids is 1. The lowest BCUT2D eigenvalue weighted by Crippen LogP contribution is -2.40. The standard InChI is InChI=1S/C58H103NO8/c1-6-8-10-12-14-16-18-20-22-24-26-27-28-29-31-32-34-36-38-40-42-44-46-48-55(60)65-52-54(53-66-58(57(62)63)64-51-50-59(3,4)5)67-56(61)49-47-45-43-41-39-37-35-33-30-25-23-21-19-17-15-13-11-9-7-2/h9,11,15,17,21,23-24,26,30,33,54,58H,6-8,10,12-14,16,18-20,22,25,27-29,31-32,34-53H2,1-5H3/p+1/b11-9-,17-15-,23-21-,26-24-,33-30-. The van der Waals surface area contributed by atoms with Crippen LogP contribution in [0.25, 0.3) is 0 Å². The molecular weight excluding hydrogens is 839 g/mol. The number of hydrogen-bond acceptors (Lipinski definition) is 7. The minimum Gasteiger partial charge on any atom is -0.477 e. The van der Waals surface area contributed by atoms with Gasteiger partial charge in [0.25, 0.3) is 6.29 Å². The highest BCUT2D eigenvalue weighted by atomic mass is 16.7. The first-order valence-corrected chi connectivity index (χ1v) is 27.5. The van der Waals surface area contributed by atoms with E-state index in [-0.39, 0.29) is 32.2 Å². The summed E-state index contributed by atoms with van der Waals surface area (Å²) in [5.41, 5.74) is 0. The van der Waals surface area contributed by atoms with Crippen LogP contribution < -0.4 is 0 Å². The van der Waals surface area contributed by atoms with Crippen LogP contribution in [-0.2, 0) is 33.3 Å². The van der Waals surface area contributed by atoms with Gasteiger partial charge >= 0.3 is 17.9 Å². The number of allylic oxidation sites excluding steroid dienone is 10. The molecule has 2 atom stereocenters. The van der Waals surface area contributed by atoms with Crippen LogP contribution in [0.1, 0.15) is 232 Å². The second kappa shape index (κ2) is 49.4. The quantitative estimate of drug-likeness (QED) is 0.0211. The van der Waals surface area contributed by atoms with E-state index < -0.39 is 24.3 Å². The molecule has 0 spiro atoms. The number of carboxylic acid groups (broad SMARTS) is 1. The zero-order chi connectivity index (χ0) is 49.2. The molecule has 0 radical (unpaired) electrons. The fourth-order valence-corrected chi connectivity index (χ4v) is 7.53. The third-order valence-electron chi connectivity index (χ3n) is 11.8. The number of hydrogen-bond donors (Lipinski definition) is 1. The van der Waals surface area contributed by atoms with E-state index in [1.165, 1.54) is 116 Å². The number of unbranched alkanes of at least 4 members (excludes halogenated alkanes) is 25. The Morgan fingerprint density at radius 1 is 0.463 bits per heavy atom. The Kier molecular flexibility index (Phi) is 47.2. The monoisotopic (exact) mass is 943 g/mol. The first kappa shape index (κ1) is 64.0. The molecule has 0 amide bonds. The van der Waals surface area contributed by atoms with Crippen molar-refractivity contribution < 1.29 is 42.9 Å². The molecule has 9 heteroatoms. The van der Waals surface area contributed by atoms with Crippen LogP contribution in [0.5, 0.6) is 0 Å². The average molecular weight is 943 g/mol. The molecular formula is C58H104NO8+. The molecule has 0 aliphatic rings. The number of ether oxygens (including phenoxy) is 4. The molecule has 9 nitrogen and oxygen atoms in total. The second-order valence-electron chi connectivity index (χ2n) is 19.5. The van der Waals surface area contributed by atoms with Crippen molar-refractivity contribution in [2.24, 2.45) is 0 Å². The van der Waals surface area contributed by atoms with Crippen molar-refractivity contribution in [3.63, 3.8) is 0 Å². The van der Waals surface area contributed by atoms with Gasteiger partial charge in [-0.2, -0.15) is 0 Å². The van der Waals surface area contributed by atoms with Gasteiger partial charge in [-0.05, 0) is 77.0 Å². The summed E-state index contributed by atoms with van der Waals surface area (Å²) in [6.07, 6.45) is 58.6. The van der Waals surface area contributed by atoms with Crippen molar-refractivity contribution in [2.45, 2.75) is 245 Å². The summed E-state index contributed by atoms with van der Waals surface area (Å²) in [4.78, 5) is 37.4. The lowest BCUT2D eigenvalue weighted by atomic mass is 10.0. The van der Waals surface area contributed by atoms with Gasteiger partial charge in [-0.3, -0.25) is 9.59 Å². The van der Waals surface area contributed by atoms with Crippen molar-refractivity contribution in [1.82, 2.24) is 0 Å².